The Morgan fingerprint density at radius 3 is 2.61 bits per heavy atom. The minimum Gasteiger partial charge on any atom is -0.494 e. The van der Waals surface area contributed by atoms with Crippen LogP contribution >= 0.6 is 11.6 Å². The summed E-state index contributed by atoms with van der Waals surface area (Å²) in [7, 11) is 0. The Morgan fingerprint density at radius 1 is 1.17 bits per heavy atom. The molecule has 3 rings (SSSR count). The molecule has 0 unspecified atom stereocenters. The lowest BCUT2D eigenvalue weighted by atomic mass is 10.1. The number of ether oxygens (including phenoxy) is 1. The molecule has 0 radical (unpaired) electrons. The molecule has 0 saturated heterocycles. The highest BCUT2D eigenvalue weighted by molar-refractivity contribution is 6.30. The molecule has 0 aliphatic rings. The van der Waals surface area contributed by atoms with Crippen LogP contribution in [0.4, 0.5) is 0 Å². The SMILES string of the molecule is CCOc1ccc(-n2nnc(CO)c2-c2cccc(Cl)c2)cc1. The molecular formula is C17H16ClN3O2. The summed E-state index contributed by atoms with van der Waals surface area (Å²) in [5, 5.41) is 18.4. The van der Waals surface area contributed by atoms with Gasteiger partial charge in [0.25, 0.3) is 0 Å². The van der Waals surface area contributed by atoms with Crippen molar-refractivity contribution in [1.82, 2.24) is 15.0 Å². The Kier molecular flexibility index (Phi) is 4.60. The molecule has 1 aromatic heterocycles. The molecule has 0 aliphatic carbocycles. The Morgan fingerprint density at radius 2 is 1.96 bits per heavy atom. The molecule has 23 heavy (non-hydrogen) atoms. The summed E-state index contributed by atoms with van der Waals surface area (Å²) in [6.45, 7) is 2.36. The summed E-state index contributed by atoms with van der Waals surface area (Å²) in [5.41, 5.74) is 2.90. The second kappa shape index (κ2) is 6.81. The third-order valence-corrected chi connectivity index (χ3v) is 3.62. The van der Waals surface area contributed by atoms with Crippen molar-refractivity contribution in [3.05, 3.63) is 59.2 Å². The zero-order valence-electron chi connectivity index (χ0n) is 12.6. The van der Waals surface area contributed by atoms with Gasteiger partial charge in [-0.2, -0.15) is 0 Å². The van der Waals surface area contributed by atoms with E-state index >= 15 is 0 Å². The molecule has 1 heterocycles. The van der Waals surface area contributed by atoms with Crippen molar-refractivity contribution in [2.45, 2.75) is 13.5 Å². The van der Waals surface area contributed by atoms with Crippen LogP contribution in [-0.2, 0) is 6.61 Å². The fourth-order valence-corrected chi connectivity index (χ4v) is 2.57. The average molecular weight is 330 g/mol. The van der Waals surface area contributed by atoms with E-state index in [9.17, 15) is 5.11 Å². The van der Waals surface area contributed by atoms with E-state index in [1.54, 1.807) is 10.7 Å². The van der Waals surface area contributed by atoms with Gasteiger partial charge >= 0.3 is 0 Å². The molecule has 0 bridgehead atoms. The third-order valence-electron chi connectivity index (χ3n) is 3.38. The molecule has 0 spiro atoms. The fraction of sp³-hybridized carbons (Fsp3) is 0.176. The first-order valence-electron chi connectivity index (χ1n) is 7.27. The van der Waals surface area contributed by atoms with Gasteiger partial charge < -0.3 is 9.84 Å². The fourth-order valence-electron chi connectivity index (χ4n) is 2.38. The van der Waals surface area contributed by atoms with E-state index in [-0.39, 0.29) is 6.61 Å². The Hall–Kier alpha value is -2.37. The first kappa shape index (κ1) is 15.5. The van der Waals surface area contributed by atoms with Gasteiger partial charge in [-0.1, -0.05) is 28.9 Å². The molecule has 6 heteroatoms. The van der Waals surface area contributed by atoms with E-state index < -0.39 is 0 Å². The summed E-state index contributed by atoms with van der Waals surface area (Å²) < 4.78 is 7.14. The number of aliphatic hydroxyl groups is 1. The molecule has 3 aromatic rings. The Balaban J connectivity index is 2.08. The number of benzene rings is 2. The average Bonchev–Trinajstić information content (AvgIpc) is 3.00. The molecule has 1 N–H and O–H groups in total. The van der Waals surface area contributed by atoms with E-state index in [2.05, 4.69) is 10.3 Å². The van der Waals surface area contributed by atoms with E-state index in [4.69, 9.17) is 16.3 Å². The Labute approximate surface area is 139 Å². The third kappa shape index (κ3) is 3.21. The lowest BCUT2D eigenvalue weighted by molar-refractivity contribution is 0.277. The van der Waals surface area contributed by atoms with Crippen LogP contribution in [-0.4, -0.2) is 26.7 Å². The first-order valence-corrected chi connectivity index (χ1v) is 7.65. The van der Waals surface area contributed by atoms with Gasteiger partial charge in [0.15, 0.2) is 0 Å². The smallest absolute Gasteiger partial charge is 0.119 e. The van der Waals surface area contributed by atoms with Crippen molar-refractivity contribution >= 4 is 11.6 Å². The van der Waals surface area contributed by atoms with Crippen molar-refractivity contribution in [3.63, 3.8) is 0 Å². The lowest BCUT2D eigenvalue weighted by Crippen LogP contribution is -2.00. The molecule has 0 saturated carbocycles. The van der Waals surface area contributed by atoms with E-state index in [0.29, 0.717) is 17.3 Å². The highest BCUT2D eigenvalue weighted by atomic mass is 35.5. The van der Waals surface area contributed by atoms with Gasteiger partial charge in [-0.15, -0.1) is 5.10 Å². The molecule has 5 nitrogen and oxygen atoms in total. The largest absolute Gasteiger partial charge is 0.494 e. The van der Waals surface area contributed by atoms with Crippen LogP contribution in [0.3, 0.4) is 0 Å². The van der Waals surface area contributed by atoms with E-state index in [1.807, 2.05) is 49.4 Å². The highest BCUT2D eigenvalue weighted by Crippen LogP contribution is 2.28. The maximum absolute atomic E-state index is 9.55. The van der Waals surface area contributed by atoms with Crippen LogP contribution in [0.2, 0.25) is 5.02 Å². The van der Waals surface area contributed by atoms with Gasteiger partial charge in [0.05, 0.1) is 18.9 Å². The van der Waals surface area contributed by atoms with Gasteiger partial charge in [-0.3, -0.25) is 0 Å². The minimum absolute atomic E-state index is 0.196. The number of rotatable bonds is 5. The van der Waals surface area contributed by atoms with Crippen LogP contribution in [0.1, 0.15) is 12.6 Å². The molecule has 0 fully saturated rings. The number of aromatic nitrogens is 3. The number of hydrogen-bond donors (Lipinski definition) is 1. The summed E-state index contributed by atoms with van der Waals surface area (Å²) in [5.74, 6) is 0.794. The maximum Gasteiger partial charge on any atom is 0.119 e. The van der Waals surface area contributed by atoms with Crippen LogP contribution in [0.5, 0.6) is 5.75 Å². The summed E-state index contributed by atoms with van der Waals surface area (Å²) in [6.07, 6.45) is 0. The predicted octanol–water partition coefficient (Wildman–Crippen LogP) is 3.48. The number of nitrogens with zero attached hydrogens (tertiary/aromatic N) is 3. The van der Waals surface area contributed by atoms with Crippen molar-refractivity contribution in [2.75, 3.05) is 6.61 Å². The zero-order chi connectivity index (χ0) is 16.2. The summed E-state index contributed by atoms with van der Waals surface area (Å²) in [6, 6.07) is 14.9. The van der Waals surface area contributed by atoms with Crippen LogP contribution in [0, 0.1) is 0 Å². The second-order valence-electron chi connectivity index (χ2n) is 4.89. The van der Waals surface area contributed by atoms with Gasteiger partial charge in [0, 0.05) is 10.6 Å². The maximum atomic E-state index is 9.55. The standard InChI is InChI=1S/C17H16ClN3O2/c1-2-23-15-8-6-14(7-9-15)21-17(16(11-22)19-20-21)12-4-3-5-13(18)10-12/h3-10,22H,2,11H2,1H3. The normalized spacial score (nSPS) is 10.7. The van der Waals surface area contributed by atoms with Crippen LogP contribution < -0.4 is 4.74 Å². The lowest BCUT2D eigenvalue weighted by Gasteiger charge is -2.09. The van der Waals surface area contributed by atoms with Crippen LogP contribution in [0.15, 0.2) is 48.5 Å². The molecular weight excluding hydrogens is 314 g/mol. The summed E-state index contributed by atoms with van der Waals surface area (Å²) >= 11 is 6.08. The monoisotopic (exact) mass is 329 g/mol. The van der Waals surface area contributed by atoms with Crippen molar-refractivity contribution in [3.8, 4) is 22.7 Å². The van der Waals surface area contributed by atoms with E-state index in [0.717, 1.165) is 22.7 Å². The quantitative estimate of drug-likeness (QED) is 0.778. The van der Waals surface area contributed by atoms with E-state index in [1.165, 1.54) is 0 Å². The van der Waals surface area contributed by atoms with Crippen LogP contribution in [0.25, 0.3) is 16.9 Å². The van der Waals surface area contributed by atoms with Gasteiger partial charge in [-0.25, -0.2) is 4.68 Å². The summed E-state index contributed by atoms with van der Waals surface area (Å²) in [4.78, 5) is 0. The molecule has 0 amide bonds. The molecule has 118 valence electrons. The second-order valence-corrected chi connectivity index (χ2v) is 5.33. The van der Waals surface area contributed by atoms with Gasteiger partial charge in [-0.05, 0) is 43.3 Å². The van der Waals surface area contributed by atoms with Gasteiger partial charge in [0.2, 0.25) is 0 Å². The first-order chi connectivity index (χ1) is 11.2. The highest BCUT2D eigenvalue weighted by Gasteiger charge is 2.16. The minimum atomic E-state index is -0.196. The molecule has 0 atom stereocenters. The predicted molar refractivity (Wildman–Crippen MR) is 88.9 cm³/mol. The zero-order valence-corrected chi connectivity index (χ0v) is 13.4. The van der Waals surface area contributed by atoms with Crippen molar-refractivity contribution < 1.29 is 9.84 Å². The van der Waals surface area contributed by atoms with Gasteiger partial charge in [0.1, 0.15) is 17.1 Å². The number of halogens is 1. The molecule has 0 aliphatic heterocycles. The van der Waals surface area contributed by atoms with Crippen molar-refractivity contribution in [1.29, 1.82) is 0 Å². The number of aliphatic hydroxyl groups excluding tert-OH is 1. The Bertz CT molecular complexity index is 800. The number of hydrogen-bond acceptors (Lipinski definition) is 4. The molecule has 2 aromatic carbocycles. The topological polar surface area (TPSA) is 60.2 Å². The van der Waals surface area contributed by atoms with Crippen molar-refractivity contribution in [2.24, 2.45) is 0 Å².